The van der Waals surface area contributed by atoms with Gasteiger partial charge in [0.1, 0.15) is 5.82 Å². The molecule has 22 heavy (non-hydrogen) atoms. The Morgan fingerprint density at radius 2 is 1.73 bits per heavy atom. The lowest BCUT2D eigenvalue weighted by Gasteiger charge is -2.42. The van der Waals surface area contributed by atoms with Gasteiger partial charge in [-0.3, -0.25) is 0 Å². The summed E-state index contributed by atoms with van der Waals surface area (Å²) in [5.41, 5.74) is 0.855. The number of halogens is 1. The first kappa shape index (κ1) is 15.9. The Hall–Kier alpha value is -0.930. The van der Waals surface area contributed by atoms with Crippen molar-refractivity contribution in [3.8, 4) is 0 Å². The van der Waals surface area contributed by atoms with Crippen LogP contribution in [0.25, 0.3) is 0 Å². The van der Waals surface area contributed by atoms with Crippen LogP contribution in [0.4, 0.5) is 4.39 Å². The maximum absolute atomic E-state index is 13.8. The van der Waals surface area contributed by atoms with Gasteiger partial charge < -0.3 is 9.80 Å². The molecule has 0 spiro atoms. The number of rotatable bonds is 4. The van der Waals surface area contributed by atoms with Gasteiger partial charge in [-0.15, -0.1) is 0 Å². The maximum Gasteiger partial charge on any atom is 0.126 e. The number of hydrogen-bond acceptors (Lipinski definition) is 2. The van der Waals surface area contributed by atoms with Gasteiger partial charge in [0.15, 0.2) is 0 Å². The van der Waals surface area contributed by atoms with Crippen LogP contribution >= 0.6 is 0 Å². The molecule has 1 atom stereocenters. The fourth-order valence-electron chi connectivity index (χ4n) is 4.09. The molecule has 2 heterocycles. The number of piperidine rings is 2. The highest BCUT2D eigenvalue weighted by molar-refractivity contribution is 5.18. The van der Waals surface area contributed by atoms with E-state index in [4.69, 9.17) is 0 Å². The minimum absolute atomic E-state index is 0.0578. The summed E-state index contributed by atoms with van der Waals surface area (Å²) in [5.74, 6) is -0.0578. The van der Waals surface area contributed by atoms with E-state index in [0.29, 0.717) is 6.04 Å². The minimum Gasteiger partial charge on any atom is -0.300 e. The highest BCUT2D eigenvalue weighted by Crippen LogP contribution is 2.23. The normalized spacial score (nSPS) is 23.5. The summed E-state index contributed by atoms with van der Waals surface area (Å²) < 4.78 is 13.8. The summed E-state index contributed by atoms with van der Waals surface area (Å²) in [6.45, 7) is 7.17. The number of likely N-dealkylation sites (tertiary alicyclic amines) is 2. The molecule has 0 aliphatic carbocycles. The summed E-state index contributed by atoms with van der Waals surface area (Å²) in [6.07, 6.45) is 7.55. The first-order chi connectivity index (χ1) is 10.7. The summed E-state index contributed by atoms with van der Waals surface area (Å²) in [4.78, 5) is 5.26. The second-order valence-electron chi connectivity index (χ2n) is 7.01. The van der Waals surface area contributed by atoms with Crippen molar-refractivity contribution in [2.75, 3.05) is 26.2 Å². The molecule has 0 bridgehead atoms. The zero-order valence-corrected chi connectivity index (χ0v) is 13.8. The van der Waals surface area contributed by atoms with Crippen LogP contribution in [0.3, 0.4) is 0 Å². The molecule has 122 valence electrons. The van der Waals surface area contributed by atoms with E-state index in [1.165, 1.54) is 45.2 Å². The van der Waals surface area contributed by atoms with Crippen LogP contribution < -0.4 is 0 Å². The highest BCUT2D eigenvalue weighted by atomic mass is 19.1. The quantitative estimate of drug-likeness (QED) is 0.837. The number of nitrogens with zero attached hydrogens (tertiary/aromatic N) is 2. The van der Waals surface area contributed by atoms with Crippen molar-refractivity contribution in [2.24, 2.45) is 0 Å². The van der Waals surface area contributed by atoms with Gasteiger partial charge in [0.2, 0.25) is 0 Å². The molecule has 1 aromatic carbocycles. The van der Waals surface area contributed by atoms with Gasteiger partial charge in [-0.25, -0.2) is 4.39 Å². The minimum atomic E-state index is -0.0578. The van der Waals surface area contributed by atoms with E-state index in [2.05, 4.69) is 16.7 Å². The van der Waals surface area contributed by atoms with Crippen LogP contribution in [0.15, 0.2) is 24.3 Å². The van der Waals surface area contributed by atoms with E-state index in [1.807, 2.05) is 12.1 Å². The smallest absolute Gasteiger partial charge is 0.126 e. The second kappa shape index (κ2) is 7.56. The van der Waals surface area contributed by atoms with Crippen molar-refractivity contribution in [3.05, 3.63) is 35.6 Å². The van der Waals surface area contributed by atoms with Gasteiger partial charge >= 0.3 is 0 Å². The molecule has 3 rings (SSSR count). The van der Waals surface area contributed by atoms with Gasteiger partial charge in [-0.1, -0.05) is 24.6 Å². The molecule has 2 fully saturated rings. The van der Waals surface area contributed by atoms with Gasteiger partial charge in [0.25, 0.3) is 0 Å². The molecule has 2 aliphatic rings. The first-order valence-electron chi connectivity index (χ1n) is 8.95. The van der Waals surface area contributed by atoms with Gasteiger partial charge in [-0.05, 0) is 76.8 Å². The molecule has 1 aromatic rings. The van der Waals surface area contributed by atoms with Crippen molar-refractivity contribution in [1.29, 1.82) is 0 Å². The number of benzene rings is 1. The molecule has 0 N–H and O–H groups in total. The largest absolute Gasteiger partial charge is 0.300 e. The summed E-state index contributed by atoms with van der Waals surface area (Å²) in [5, 5.41) is 0. The summed E-state index contributed by atoms with van der Waals surface area (Å²) >= 11 is 0. The fourth-order valence-corrected chi connectivity index (χ4v) is 4.09. The van der Waals surface area contributed by atoms with Crippen LogP contribution in [0.1, 0.15) is 44.6 Å². The molecule has 0 aromatic heterocycles. The van der Waals surface area contributed by atoms with Crippen molar-refractivity contribution in [3.63, 3.8) is 0 Å². The zero-order chi connectivity index (χ0) is 15.4. The Bertz CT molecular complexity index is 462. The topological polar surface area (TPSA) is 6.48 Å². The van der Waals surface area contributed by atoms with Crippen LogP contribution in [0, 0.1) is 5.82 Å². The lowest BCUT2D eigenvalue weighted by Crippen LogP contribution is -2.49. The van der Waals surface area contributed by atoms with E-state index in [0.717, 1.165) is 31.1 Å². The molecule has 0 amide bonds. The Labute approximate surface area is 134 Å². The molecule has 2 aliphatic heterocycles. The van der Waals surface area contributed by atoms with Crippen molar-refractivity contribution in [2.45, 2.75) is 57.5 Å². The number of hydrogen-bond donors (Lipinski definition) is 0. The van der Waals surface area contributed by atoms with Gasteiger partial charge in [-0.2, -0.15) is 0 Å². The average molecular weight is 304 g/mol. The van der Waals surface area contributed by atoms with Crippen LogP contribution in [-0.2, 0) is 6.42 Å². The van der Waals surface area contributed by atoms with Crippen LogP contribution in [0.2, 0.25) is 0 Å². The Morgan fingerprint density at radius 1 is 1.05 bits per heavy atom. The maximum atomic E-state index is 13.8. The monoisotopic (exact) mass is 304 g/mol. The third kappa shape index (κ3) is 3.88. The average Bonchev–Trinajstić information content (AvgIpc) is 2.58. The van der Waals surface area contributed by atoms with Gasteiger partial charge in [0, 0.05) is 12.1 Å². The second-order valence-corrected chi connectivity index (χ2v) is 7.01. The lowest BCUT2D eigenvalue weighted by molar-refractivity contribution is 0.0758. The Morgan fingerprint density at radius 3 is 2.41 bits per heavy atom. The van der Waals surface area contributed by atoms with Crippen molar-refractivity contribution in [1.82, 2.24) is 9.80 Å². The van der Waals surface area contributed by atoms with Crippen molar-refractivity contribution >= 4 is 0 Å². The Balaban J connectivity index is 1.49. The lowest BCUT2D eigenvalue weighted by atomic mass is 9.97. The molecular weight excluding hydrogens is 275 g/mol. The van der Waals surface area contributed by atoms with E-state index >= 15 is 0 Å². The predicted octanol–water partition coefficient (Wildman–Crippen LogP) is 3.71. The molecule has 0 unspecified atom stereocenters. The zero-order valence-electron chi connectivity index (χ0n) is 13.8. The van der Waals surface area contributed by atoms with E-state index in [9.17, 15) is 4.39 Å². The van der Waals surface area contributed by atoms with Gasteiger partial charge in [0.05, 0.1) is 0 Å². The van der Waals surface area contributed by atoms with Crippen molar-refractivity contribution < 1.29 is 4.39 Å². The van der Waals surface area contributed by atoms with E-state index in [-0.39, 0.29) is 5.82 Å². The molecule has 0 radical (unpaired) electrons. The molecule has 2 nitrogen and oxygen atoms in total. The molecule has 0 saturated carbocycles. The fraction of sp³-hybridized carbons (Fsp3) is 0.684. The first-order valence-corrected chi connectivity index (χ1v) is 8.95. The van der Waals surface area contributed by atoms with E-state index in [1.54, 1.807) is 12.1 Å². The third-order valence-corrected chi connectivity index (χ3v) is 5.50. The molecular formula is C19H29FN2. The Kier molecular flexibility index (Phi) is 5.48. The summed E-state index contributed by atoms with van der Waals surface area (Å²) in [7, 11) is 0. The summed E-state index contributed by atoms with van der Waals surface area (Å²) in [6, 6.07) is 8.43. The molecule has 3 heteroatoms. The standard InChI is InChI=1S/C19H29FN2/c1-16(15-17-7-3-4-8-19(17)20)21-13-9-18(10-14-21)22-11-5-2-6-12-22/h3-4,7-8,16,18H,2,5-6,9-15H2,1H3/t16-/m0/s1. The predicted molar refractivity (Wildman–Crippen MR) is 89.6 cm³/mol. The SMILES string of the molecule is C[C@@H](Cc1ccccc1F)N1CCC(N2CCCCC2)CC1. The van der Waals surface area contributed by atoms with Crippen LogP contribution in [0.5, 0.6) is 0 Å². The van der Waals surface area contributed by atoms with E-state index < -0.39 is 0 Å². The third-order valence-electron chi connectivity index (χ3n) is 5.50. The highest BCUT2D eigenvalue weighted by Gasteiger charge is 2.27. The molecule has 2 saturated heterocycles. The van der Waals surface area contributed by atoms with Crippen LogP contribution in [-0.4, -0.2) is 48.1 Å².